The highest BCUT2D eigenvalue weighted by molar-refractivity contribution is 5.76. The molecule has 0 saturated carbocycles. The van der Waals surface area contributed by atoms with Crippen LogP contribution in [0.25, 0.3) is 16.9 Å². The van der Waals surface area contributed by atoms with Gasteiger partial charge in [0.25, 0.3) is 0 Å². The minimum absolute atomic E-state index is 0.0854. The zero-order chi connectivity index (χ0) is 23.1. The van der Waals surface area contributed by atoms with Gasteiger partial charge >= 0.3 is 0 Å². The van der Waals surface area contributed by atoms with E-state index in [9.17, 15) is 9.18 Å². The fraction of sp³-hybridized carbons (Fsp3) is 0.500. The molecule has 0 spiro atoms. The van der Waals surface area contributed by atoms with E-state index in [1.54, 1.807) is 12.0 Å². The van der Waals surface area contributed by atoms with Gasteiger partial charge in [-0.1, -0.05) is 5.21 Å². The van der Waals surface area contributed by atoms with E-state index in [2.05, 4.69) is 25.3 Å². The van der Waals surface area contributed by atoms with Crippen molar-refractivity contribution in [1.82, 2.24) is 34.8 Å². The van der Waals surface area contributed by atoms with Gasteiger partial charge < -0.3 is 19.1 Å². The van der Waals surface area contributed by atoms with Crippen LogP contribution in [-0.4, -0.2) is 80.8 Å². The maximum atomic E-state index is 14.4. The van der Waals surface area contributed by atoms with Crippen molar-refractivity contribution in [2.24, 2.45) is 0 Å². The molecule has 172 valence electrons. The predicted molar refractivity (Wildman–Crippen MR) is 112 cm³/mol. The number of halogens is 1. The lowest BCUT2D eigenvalue weighted by atomic mass is 10.1. The Labute approximate surface area is 184 Å². The number of rotatable bonds is 6. The molecule has 0 N–H and O–H groups in total. The molecule has 1 fully saturated rings. The zero-order valence-electron chi connectivity index (χ0n) is 18.4. The van der Waals surface area contributed by atoms with Gasteiger partial charge in [0.2, 0.25) is 18.2 Å². The summed E-state index contributed by atoms with van der Waals surface area (Å²) in [5, 5.41) is 8.02. The summed E-state index contributed by atoms with van der Waals surface area (Å²) in [6.45, 7) is 5.25. The first-order valence-electron chi connectivity index (χ1n) is 10.1. The fourth-order valence-electron chi connectivity index (χ4n) is 2.91. The van der Waals surface area contributed by atoms with Crippen molar-refractivity contribution >= 4 is 17.6 Å². The molecule has 0 atom stereocenters. The number of methoxy groups -OCH3 is 2. The highest BCUT2D eigenvalue weighted by Crippen LogP contribution is 2.25. The van der Waals surface area contributed by atoms with Crippen LogP contribution >= 0.6 is 0 Å². The van der Waals surface area contributed by atoms with Gasteiger partial charge in [0, 0.05) is 39.1 Å². The minimum atomic E-state index is -0.573. The smallest absolute Gasteiger partial charge is 0.247 e. The lowest BCUT2D eigenvalue weighted by Crippen LogP contribution is -2.37. The van der Waals surface area contributed by atoms with E-state index in [4.69, 9.17) is 14.2 Å². The summed E-state index contributed by atoms with van der Waals surface area (Å²) in [4.78, 5) is 24.8. The van der Waals surface area contributed by atoms with Crippen molar-refractivity contribution in [3.63, 3.8) is 0 Å². The summed E-state index contributed by atoms with van der Waals surface area (Å²) in [5.74, 6) is -0.144. The molecule has 3 aromatic rings. The molecular weight excluding hydrogens is 421 g/mol. The Balaban J connectivity index is 0.000000523. The third kappa shape index (κ3) is 5.44. The summed E-state index contributed by atoms with van der Waals surface area (Å²) in [7, 11) is 3.10. The summed E-state index contributed by atoms with van der Waals surface area (Å²) in [5.41, 5.74) is 0.712. The number of fused-ring (bicyclic) bond motifs is 1. The Hall–Kier alpha value is -3.41. The number of carbonyl (C=O) groups excluding carboxylic acids is 1. The third-order valence-electron chi connectivity index (χ3n) is 4.83. The second-order valence-corrected chi connectivity index (χ2v) is 7.27. The molecular formula is C20H26FN7O4. The number of piperidine rings is 1. The summed E-state index contributed by atoms with van der Waals surface area (Å²) in [6.07, 6.45) is 5.11. The third-order valence-corrected chi connectivity index (χ3v) is 4.83. The number of likely N-dealkylation sites (tertiary alicyclic amines) is 1. The highest BCUT2D eigenvalue weighted by Gasteiger charge is 2.23. The summed E-state index contributed by atoms with van der Waals surface area (Å²) < 4.78 is 31.2. The van der Waals surface area contributed by atoms with Crippen LogP contribution in [0.4, 0.5) is 4.39 Å². The average molecular weight is 447 g/mol. The number of nitrogens with zero attached hydrogens (tertiary/aromatic N) is 7. The number of aromatic nitrogens is 6. The van der Waals surface area contributed by atoms with Gasteiger partial charge in [-0.25, -0.2) is 14.4 Å². The van der Waals surface area contributed by atoms with Crippen molar-refractivity contribution in [3.8, 4) is 17.4 Å². The van der Waals surface area contributed by atoms with Crippen molar-refractivity contribution in [2.45, 2.75) is 38.9 Å². The average Bonchev–Trinajstić information content (AvgIpc) is 3.24. The topological polar surface area (TPSA) is 117 Å². The zero-order valence-corrected chi connectivity index (χ0v) is 18.4. The molecule has 0 radical (unpaired) electrons. The maximum absolute atomic E-state index is 14.4. The quantitative estimate of drug-likeness (QED) is 0.521. The van der Waals surface area contributed by atoms with E-state index in [1.807, 2.05) is 13.8 Å². The SMILES string of the molecule is COC(C)C.COc1cc(F)c(-n2nnc3c(OC4CCN(C=O)CC4)ncnc32)cn1. The Morgan fingerprint density at radius 3 is 2.50 bits per heavy atom. The first-order chi connectivity index (χ1) is 15.5. The molecule has 0 bridgehead atoms. The van der Waals surface area contributed by atoms with Crippen LogP contribution in [-0.2, 0) is 9.53 Å². The van der Waals surface area contributed by atoms with E-state index < -0.39 is 5.82 Å². The van der Waals surface area contributed by atoms with Gasteiger partial charge in [-0.15, -0.1) is 5.10 Å². The van der Waals surface area contributed by atoms with Crippen LogP contribution in [0.15, 0.2) is 18.6 Å². The van der Waals surface area contributed by atoms with Crippen LogP contribution < -0.4 is 9.47 Å². The Kier molecular flexibility index (Phi) is 7.82. The number of hydrogen-bond donors (Lipinski definition) is 0. The van der Waals surface area contributed by atoms with E-state index >= 15 is 0 Å². The van der Waals surface area contributed by atoms with Gasteiger partial charge in [0.1, 0.15) is 18.1 Å². The molecule has 0 unspecified atom stereocenters. The molecule has 1 amide bonds. The minimum Gasteiger partial charge on any atom is -0.481 e. The first kappa shape index (κ1) is 23.3. The van der Waals surface area contributed by atoms with Gasteiger partial charge in [0.05, 0.1) is 19.4 Å². The summed E-state index contributed by atoms with van der Waals surface area (Å²) >= 11 is 0. The molecule has 4 heterocycles. The maximum Gasteiger partial charge on any atom is 0.247 e. The molecule has 12 heteroatoms. The Morgan fingerprint density at radius 1 is 1.19 bits per heavy atom. The van der Waals surface area contributed by atoms with E-state index in [0.717, 1.165) is 12.5 Å². The van der Waals surface area contributed by atoms with Crippen LogP contribution in [0.1, 0.15) is 26.7 Å². The normalized spacial score (nSPS) is 14.2. The van der Waals surface area contributed by atoms with Crippen molar-refractivity contribution in [1.29, 1.82) is 0 Å². The van der Waals surface area contributed by atoms with Gasteiger partial charge in [-0.2, -0.15) is 9.67 Å². The van der Waals surface area contributed by atoms with E-state index in [1.165, 1.54) is 24.3 Å². The molecule has 1 aliphatic rings. The first-order valence-corrected chi connectivity index (χ1v) is 10.1. The molecule has 1 saturated heterocycles. The van der Waals surface area contributed by atoms with Crippen LogP contribution in [0.5, 0.6) is 11.8 Å². The van der Waals surface area contributed by atoms with Crippen LogP contribution in [0.3, 0.4) is 0 Å². The van der Waals surface area contributed by atoms with Crippen LogP contribution in [0.2, 0.25) is 0 Å². The molecule has 3 aromatic heterocycles. The molecule has 11 nitrogen and oxygen atoms in total. The number of pyridine rings is 1. The lowest BCUT2D eigenvalue weighted by Gasteiger charge is -2.29. The number of ether oxygens (including phenoxy) is 3. The second kappa shape index (κ2) is 10.8. The monoisotopic (exact) mass is 447 g/mol. The van der Waals surface area contributed by atoms with Gasteiger partial charge in [0.15, 0.2) is 17.0 Å². The molecule has 0 aromatic carbocycles. The van der Waals surface area contributed by atoms with E-state index in [0.29, 0.717) is 43.2 Å². The standard InChI is InChI=1S/C16H16FN7O3.C4H10O/c1-26-13-6-11(17)12(7-18-13)24-15-14(21-22-24)16(20-8-19-15)27-10-2-4-23(9-25)5-3-10;1-4(2)5-3/h6-10H,2-5H2,1H3;4H,1-3H3. The largest absolute Gasteiger partial charge is 0.481 e. The highest BCUT2D eigenvalue weighted by atomic mass is 19.1. The van der Waals surface area contributed by atoms with E-state index in [-0.39, 0.29) is 23.6 Å². The molecule has 4 rings (SSSR count). The van der Waals surface area contributed by atoms with Crippen molar-refractivity contribution in [3.05, 3.63) is 24.4 Å². The number of carbonyl (C=O) groups is 1. The van der Waals surface area contributed by atoms with Gasteiger partial charge in [-0.05, 0) is 13.8 Å². The van der Waals surface area contributed by atoms with Crippen molar-refractivity contribution < 1.29 is 23.4 Å². The Bertz CT molecular complexity index is 1040. The second-order valence-electron chi connectivity index (χ2n) is 7.27. The van der Waals surface area contributed by atoms with Gasteiger partial charge in [-0.3, -0.25) is 4.79 Å². The lowest BCUT2D eigenvalue weighted by molar-refractivity contribution is -0.119. The molecule has 1 aliphatic heterocycles. The molecule has 32 heavy (non-hydrogen) atoms. The molecule has 0 aliphatic carbocycles. The fourth-order valence-corrected chi connectivity index (χ4v) is 2.91. The van der Waals surface area contributed by atoms with Crippen molar-refractivity contribution in [2.75, 3.05) is 27.3 Å². The predicted octanol–water partition coefficient (Wildman–Crippen LogP) is 1.79. The number of amides is 1. The summed E-state index contributed by atoms with van der Waals surface area (Å²) in [6, 6.07) is 1.16. The number of hydrogen-bond acceptors (Lipinski definition) is 9. The van der Waals surface area contributed by atoms with Crippen LogP contribution in [0, 0.1) is 5.82 Å². The Morgan fingerprint density at radius 2 is 1.91 bits per heavy atom.